The van der Waals surface area contributed by atoms with E-state index in [1.807, 2.05) is 7.05 Å². The maximum atomic E-state index is 11.1. The molecule has 1 atom stereocenters. The van der Waals surface area contributed by atoms with E-state index in [0.717, 1.165) is 25.8 Å². The number of carboxylic acids is 1. The van der Waals surface area contributed by atoms with Gasteiger partial charge in [-0.05, 0) is 38.6 Å². The molecule has 1 unspecified atom stereocenters. The molecule has 0 saturated carbocycles. The second kappa shape index (κ2) is 6.53. The smallest absolute Gasteiger partial charge is 0.342 e. The minimum absolute atomic E-state index is 0.0128. The van der Waals surface area contributed by atoms with Gasteiger partial charge in [-0.1, -0.05) is 12.5 Å². The molecule has 0 aliphatic carbocycles. The predicted molar refractivity (Wildman–Crippen MR) is 75.8 cm³/mol. The van der Waals surface area contributed by atoms with Crippen LogP contribution in [0.5, 0.6) is 5.75 Å². The Kier molecular flexibility index (Phi) is 4.74. The standard InChI is InChI=1S/C14H18N2O5/c1-15-8-3-2-5-10(15)9-21-12-7-4-6-11(14(17)18)13(12)16(19)20/h4,6-7,10H,2-3,5,8-9H2,1H3,(H,17,18). The Balaban J connectivity index is 2.17. The highest BCUT2D eigenvalue weighted by Crippen LogP contribution is 2.31. The van der Waals surface area contributed by atoms with E-state index in [2.05, 4.69) is 4.90 Å². The van der Waals surface area contributed by atoms with Crippen molar-refractivity contribution < 1.29 is 19.6 Å². The summed E-state index contributed by atoms with van der Waals surface area (Å²) in [7, 11) is 2.00. The van der Waals surface area contributed by atoms with Gasteiger partial charge < -0.3 is 14.7 Å². The van der Waals surface area contributed by atoms with Crippen molar-refractivity contribution in [3.8, 4) is 5.75 Å². The Hall–Kier alpha value is -2.15. The zero-order valence-corrected chi connectivity index (χ0v) is 11.8. The number of nitro benzene ring substituents is 1. The lowest BCUT2D eigenvalue weighted by Gasteiger charge is -2.32. The molecule has 21 heavy (non-hydrogen) atoms. The summed E-state index contributed by atoms with van der Waals surface area (Å²) in [6, 6.07) is 4.30. The van der Waals surface area contributed by atoms with E-state index >= 15 is 0 Å². The van der Waals surface area contributed by atoms with Crippen molar-refractivity contribution >= 4 is 11.7 Å². The van der Waals surface area contributed by atoms with E-state index in [1.54, 1.807) is 0 Å². The van der Waals surface area contributed by atoms with E-state index in [4.69, 9.17) is 9.84 Å². The van der Waals surface area contributed by atoms with Gasteiger partial charge in [-0.3, -0.25) is 10.1 Å². The topological polar surface area (TPSA) is 92.9 Å². The molecule has 1 saturated heterocycles. The van der Waals surface area contributed by atoms with Crippen LogP contribution >= 0.6 is 0 Å². The number of likely N-dealkylation sites (tertiary alicyclic amines) is 1. The number of rotatable bonds is 5. The van der Waals surface area contributed by atoms with Gasteiger partial charge in [0.05, 0.1) is 4.92 Å². The molecule has 1 heterocycles. The summed E-state index contributed by atoms with van der Waals surface area (Å²) in [6.07, 6.45) is 3.22. The third-order valence-electron chi connectivity index (χ3n) is 3.76. The van der Waals surface area contributed by atoms with Crippen LogP contribution in [0.15, 0.2) is 18.2 Å². The number of nitro groups is 1. The van der Waals surface area contributed by atoms with Crippen LogP contribution in [-0.4, -0.2) is 47.1 Å². The normalized spacial score (nSPS) is 19.2. The van der Waals surface area contributed by atoms with Crippen LogP contribution in [0.25, 0.3) is 0 Å². The number of hydrogen-bond acceptors (Lipinski definition) is 5. The Morgan fingerprint density at radius 2 is 2.29 bits per heavy atom. The lowest BCUT2D eigenvalue weighted by atomic mass is 10.0. The van der Waals surface area contributed by atoms with Crippen LogP contribution in [0.1, 0.15) is 29.6 Å². The molecule has 1 aromatic carbocycles. The number of aromatic carboxylic acids is 1. The highest BCUT2D eigenvalue weighted by atomic mass is 16.6. The second-order valence-corrected chi connectivity index (χ2v) is 5.16. The highest BCUT2D eigenvalue weighted by molar-refractivity contribution is 5.93. The summed E-state index contributed by atoms with van der Waals surface area (Å²) >= 11 is 0. The maximum Gasteiger partial charge on any atom is 0.342 e. The number of benzene rings is 1. The molecule has 7 heteroatoms. The Bertz CT molecular complexity index is 546. The number of hydrogen-bond donors (Lipinski definition) is 1. The van der Waals surface area contributed by atoms with Gasteiger partial charge in [0.25, 0.3) is 0 Å². The van der Waals surface area contributed by atoms with E-state index in [0.29, 0.717) is 6.61 Å². The molecule has 114 valence electrons. The van der Waals surface area contributed by atoms with Crippen LogP contribution in [-0.2, 0) is 0 Å². The summed E-state index contributed by atoms with van der Waals surface area (Å²) < 4.78 is 5.55. The van der Waals surface area contributed by atoms with Gasteiger partial charge in [0.2, 0.25) is 0 Å². The average Bonchev–Trinajstić information content (AvgIpc) is 2.45. The summed E-state index contributed by atoms with van der Waals surface area (Å²) in [5.41, 5.74) is -0.835. The van der Waals surface area contributed by atoms with Crippen molar-refractivity contribution in [3.05, 3.63) is 33.9 Å². The largest absolute Gasteiger partial charge is 0.485 e. The number of likely N-dealkylation sites (N-methyl/N-ethyl adjacent to an activating group) is 1. The molecule has 1 aliphatic heterocycles. The average molecular weight is 294 g/mol. The molecule has 0 bridgehead atoms. The first-order chi connectivity index (χ1) is 10.0. The van der Waals surface area contributed by atoms with Gasteiger partial charge in [0, 0.05) is 6.04 Å². The van der Waals surface area contributed by atoms with E-state index in [-0.39, 0.29) is 17.4 Å². The molecule has 0 radical (unpaired) electrons. The predicted octanol–water partition coefficient (Wildman–Crippen LogP) is 2.16. The number of ether oxygens (including phenoxy) is 1. The fourth-order valence-corrected chi connectivity index (χ4v) is 2.54. The molecule has 0 aromatic heterocycles. The fraction of sp³-hybridized carbons (Fsp3) is 0.500. The van der Waals surface area contributed by atoms with Gasteiger partial charge in [-0.25, -0.2) is 4.79 Å². The van der Waals surface area contributed by atoms with Crippen molar-refractivity contribution in [2.24, 2.45) is 0 Å². The summed E-state index contributed by atoms with van der Waals surface area (Å²) in [5.74, 6) is -1.32. The molecule has 7 nitrogen and oxygen atoms in total. The van der Waals surface area contributed by atoms with E-state index < -0.39 is 16.6 Å². The van der Waals surface area contributed by atoms with Crippen molar-refractivity contribution in [2.75, 3.05) is 20.2 Å². The van der Waals surface area contributed by atoms with Gasteiger partial charge in [0.1, 0.15) is 12.2 Å². The quantitative estimate of drug-likeness (QED) is 0.660. The monoisotopic (exact) mass is 294 g/mol. The Labute approximate surface area is 122 Å². The zero-order valence-electron chi connectivity index (χ0n) is 11.8. The molecule has 1 N–H and O–H groups in total. The van der Waals surface area contributed by atoms with Gasteiger partial charge in [0.15, 0.2) is 5.75 Å². The first-order valence-electron chi connectivity index (χ1n) is 6.84. The van der Waals surface area contributed by atoms with Gasteiger partial charge in [-0.2, -0.15) is 0 Å². The zero-order chi connectivity index (χ0) is 15.4. The molecule has 0 amide bonds. The van der Waals surface area contributed by atoms with Crippen LogP contribution < -0.4 is 4.74 Å². The van der Waals surface area contributed by atoms with Crippen LogP contribution in [0, 0.1) is 10.1 Å². The third kappa shape index (κ3) is 3.49. The van der Waals surface area contributed by atoms with E-state index in [1.165, 1.54) is 18.2 Å². The second-order valence-electron chi connectivity index (χ2n) is 5.16. The third-order valence-corrected chi connectivity index (χ3v) is 3.76. The highest BCUT2D eigenvalue weighted by Gasteiger charge is 2.27. The lowest BCUT2D eigenvalue weighted by Crippen LogP contribution is -2.40. The summed E-state index contributed by atoms with van der Waals surface area (Å²) in [5, 5.41) is 20.1. The molecule has 1 aliphatic rings. The van der Waals surface area contributed by atoms with Crippen molar-refractivity contribution in [2.45, 2.75) is 25.3 Å². The number of nitrogens with zero attached hydrogens (tertiary/aromatic N) is 2. The fourth-order valence-electron chi connectivity index (χ4n) is 2.54. The summed E-state index contributed by atoms with van der Waals surface area (Å²) in [6.45, 7) is 1.30. The number of para-hydroxylation sites is 1. The Morgan fingerprint density at radius 3 is 2.90 bits per heavy atom. The van der Waals surface area contributed by atoms with Gasteiger partial charge >= 0.3 is 11.7 Å². The molecule has 1 aromatic rings. The number of carboxylic acid groups (broad SMARTS) is 1. The molecule has 1 fully saturated rings. The number of carbonyl (C=O) groups is 1. The Morgan fingerprint density at radius 1 is 1.52 bits per heavy atom. The minimum atomic E-state index is -1.33. The number of piperidine rings is 1. The molecular formula is C14H18N2O5. The van der Waals surface area contributed by atoms with Gasteiger partial charge in [-0.15, -0.1) is 0 Å². The first kappa shape index (κ1) is 15.2. The molecule has 0 spiro atoms. The van der Waals surface area contributed by atoms with Crippen LogP contribution in [0.2, 0.25) is 0 Å². The van der Waals surface area contributed by atoms with Crippen molar-refractivity contribution in [3.63, 3.8) is 0 Å². The van der Waals surface area contributed by atoms with Crippen LogP contribution in [0.3, 0.4) is 0 Å². The summed E-state index contributed by atoms with van der Waals surface area (Å²) in [4.78, 5) is 23.6. The van der Waals surface area contributed by atoms with Crippen molar-refractivity contribution in [1.82, 2.24) is 4.90 Å². The maximum absolute atomic E-state index is 11.1. The first-order valence-corrected chi connectivity index (χ1v) is 6.84. The molecular weight excluding hydrogens is 276 g/mol. The lowest BCUT2D eigenvalue weighted by molar-refractivity contribution is -0.386. The molecule has 2 rings (SSSR count). The minimum Gasteiger partial charge on any atom is -0.485 e. The SMILES string of the molecule is CN1CCCCC1COc1cccc(C(=O)O)c1[N+](=O)[O-]. The van der Waals surface area contributed by atoms with E-state index in [9.17, 15) is 14.9 Å². The van der Waals surface area contributed by atoms with Crippen molar-refractivity contribution in [1.29, 1.82) is 0 Å². The van der Waals surface area contributed by atoms with Crippen LogP contribution in [0.4, 0.5) is 5.69 Å².